The van der Waals surface area contributed by atoms with Gasteiger partial charge >= 0.3 is 0 Å². The van der Waals surface area contributed by atoms with E-state index in [2.05, 4.69) is 4.98 Å². The average molecular weight is 240 g/mol. The van der Waals surface area contributed by atoms with E-state index in [1.54, 1.807) is 24.5 Å². The molecule has 1 amide bonds. The van der Waals surface area contributed by atoms with E-state index in [0.29, 0.717) is 18.7 Å². The van der Waals surface area contributed by atoms with Crippen molar-refractivity contribution in [1.29, 1.82) is 0 Å². The molecule has 1 aromatic carbocycles. The third-order valence-electron chi connectivity index (χ3n) is 2.81. The van der Waals surface area contributed by atoms with Gasteiger partial charge in [0.1, 0.15) is 0 Å². The molecule has 0 N–H and O–H groups in total. The molecule has 0 atom stereocenters. The Bertz CT molecular complexity index is 496. The van der Waals surface area contributed by atoms with Crippen LogP contribution in [0.25, 0.3) is 0 Å². The summed E-state index contributed by atoms with van der Waals surface area (Å²) in [7, 11) is 0. The second-order valence-corrected chi connectivity index (χ2v) is 4.04. The second-order valence-electron chi connectivity index (χ2n) is 4.04. The summed E-state index contributed by atoms with van der Waals surface area (Å²) >= 11 is 0. The molecule has 1 aromatic heterocycles. The lowest BCUT2D eigenvalue weighted by atomic mass is 10.2. The fourth-order valence-electron chi connectivity index (χ4n) is 1.81. The molecule has 2 aromatic rings. The standard InChI is InChI=1S/C15H16N2O/c1-2-17(12-13-6-4-3-5-7-13)15(18)14-8-10-16-11-9-14/h3-11H,2,12H2,1H3. The first-order valence-electron chi connectivity index (χ1n) is 6.04. The molecule has 0 aliphatic rings. The number of amides is 1. The number of hydrogen-bond acceptors (Lipinski definition) is 2. The minimum Gasteiger partial charge on any atom is -0.335 e. The van der Waals surface area contributed by atoms with Gasteiger partial charge < -0.3 is 4.90 Å². The molecule has 2 rings (SSSR count). The summed E-state index contributed by atoms with van der Waals surface area (Å²) in [6, 6.07) is 13.5. The number of rotatable bonds is 4. The fourth-order valence-corrected chi connectivity index (χ4v) is 1.81. The Kier molecular flexibility index (Phi) is 4.07. The lowest BCUT2D eigenvalue weighted by molar-refractivity contribution is 0.0752. The summed E-state index contributed by atoms with van der Waals surface area (Å²) in [4.78, 5) is 18.0. The van der Waals surface area contributed by atoms with Crippen LogP contribution in [0.5, 0.6) is 0 Å². The van der Waals surface area contributed by atoms with Gasteiger partial charge in [-0.15, -0.1) is 0 Å². The van der Waals surface area contributed by atoms with Gasteiger partial charge in [0.05, 0.1) is 0 Å². The Balaban J connectivity index is 2.12. The summed E-state index contributed by atoms with van der Waals surface area (Å²) in [5.74, 6) is 0.0451. The molecule has 0 saturated carbocycles. The van der Waals surface area contributed by atoms with Crippen LogP contribution in [-0.4, -0.2) is 22.3 Å². The Morgan fingerprint density at radius 2 is 1.78 bits per heavy atom. The van der Waals surface area contributed by atoms with Crippen LogP contribution in [0.2, 0.25) is 0 Å². The van der Waals surface area contributed by atoms with Crippen LogP contribution in [0, 0.1) is 0 Å². The highest BCUT2D eigenvalue weighted by Crippen LogP contribution is 2.09. The van der Waals surface area contributed by atoms with Gasteiger partial charge in [-0.2, -0.15) is 0 Å². The molecule has 1 heterocycles. The van der Waals surface area contributed by atoms with Crippen LogP contribution < -0.4 is 0 Å². The quantitative estimate of drug-likeness (QED) is 0.823. The van der Waals surface area contributed by atoms with Gasteiger partial charge in [0, 0.05) is 31.0 Å². The van der Waals surface area contributed by atoms with E-state index in [9.17, 15) is 4.79 Å². The maximum absolute atomic E-state index is 12.3. The van der Waals surface area contributed by atoms with E-state index in [0.717, 1.165) is 5.56 Å². The molecule has 0 aliphatic heterocycles. The summed E-state index contributed by atoms with van der Waals surface area (Å²) in [5, 5.41) is 0. The second kappa shape index (κ2) is 5.96. The van der Waals surface area contributed by atoms with Crippen LogP contribution in [0.15, 0.2) is 54.9 Å². The van der Waals surface area contributed by atoms with Gasteiger partial charge in [-0.1, -0.05) is 30.3 Å². The lowest BCUT2D eigenvalue weighted by Crippen LogP contribution is -2.30. The minimum absolute atomic E-state index is 0.0451. The maximum atomic E-state index is 12.3. The normalized spacial score (nSPS) is 10.1. The van der Waals surface area contributed by atoms with Crippen LogP contribution in [-0.2, 0) is 6.54 Å². The fraction of sp³-hybridized carbons (Fsp3) is 0.200. The van der Waals surface area contributed by atoms with Gasteiger partial charge in [-0.05, 0) is 24.6 Å². The zero-order valence-corrected chi connectivity index (χ0v) is 10.4. The zero-order chi connectivity index (χ0) is 12.8. The number of carbonyl (C=O) groups is 1. The Morgan fingerprint density at radius 1 is 1.11 bits per heavy atom. The average Bonchev–Trinajstić information content (AvgIpc) is 2.46. The molecular weight excluding hydrogens is 224 g/mol. The SMILES string of the molecule is CCN(Cc1ccccc1)C(=O)c1ccncc1. The molecule has 0 spiro atoms. The molecule has 3 heteroatoms. The van der Waals surface area contributed by atoms with E-state index in [1.165, 1.54) is 0 Å². The highest BCUT2D eigenvalue weighted by atomic mass is 16.2. The molecule has 0 aliphatic carbocycles. The van der Waals surface area contributed by atoms with Crippen molar-refractivity contribution in [2.24, 2.45) is 0 Å². The van der Waals surface area contributed by atoms with E-state index < -0.39 is 0 Å². The van der Waals surface area contributed by atoms with Crippen molar-refractivity contribution in [3.63, 3.8) is 0 Å². The highest BCUT2D eigenvalue weighted by molar-refractivity contribution is 5.94. The van der Waals surface area contributed by atoms with Crippen molar-refractivity contribution in [2.45, 2.75) is 13.5 Å². The Hall–Kier alpha value is -2.16. The molecule has 0 unspecified atom stereocenters. The van der Waals surface area contributed by atoms with E-state index in [1.807, 2.05) is 42.2 Å². The molecule has 0 radical (unpaired) electrons. The number of carbonyl (C=O) groups excluding carboxylic acids is 1. The van der Waals surface area contributed by atoms with E-state index in [-0.39, 0.29) is 5.91 Å². The number of benzene rings is 1. The van der Waals surface area contributed by atoms with Crippen molar-refractivity contribution in [1.82, 2.24) is 9.88 Å². The monoisotopic (exact) mass is 240 g/mol. The van der Waals surface area contributed by atoms with Gasteiger partial charge in [0.2, 0.25) is 0 Å². The van der Waals surface area contributed by atoms with Gasteiger partial charge in [-0.3, -0.25) is 9.78 Å². The molecule has 0 fully saturated rings. The number of hydrogen-bond donors (Lipinski definition) is 0. The Morgan fingerprint density at radius 3 is 2.39 bits per heavy atom. The molecule has 0 bridgehead atoms. The summed E-state index contributed by atoms with van der Waals surface area (Å²) in [6.07, 6.45) is 3.28. The van der Waals surface area contributed by atoms with Crippen molar-refractivity contribution in [3.05, 3.63) is 66.0 Å². The van der Waals surface area contributed by atoms with E-state index >= 15 is 0 Å². The van der Waals surface area contributed by atoms with Gasteiger partial charge in [0.15, 0.2) is 0 Å². The lowest BCUT2D eigenvalue weighted by Gasteiger charge is -2.21. The first-order chi connectivity index (χ1) is 8.81. The van der Waals surface area contributed by atoms with Crippen molar-refractivity contribution < 1.29 is 4.79 Å². The third kappa shape index (κ3) is 2.94. The van der Waals surface area contributed by atoms with Crippen molar-refractivity contribution in [2.75, 3.05) is 6.54 Å². The highest BCUT2D eigenvalue weighted by Gasteiger charge is 2.13. The maximum Gasteiger partial charge on any atom is 0.254 e. The van der Waals surface area contributed by atoms with Crippen molar-refractivity contribution in [3.8, 4) is 0 Å². The molecule has 18 heavy (non-hydrogen) atoms. The van der Waals surface area contributed by atoms with Crippen LogP contribution in [0.4, 0.5) is 0 Å². The first-order valence-corrected chi connectivity index (χ1v) is 6.04. The van der Waals surface area contributed by atoms with Gasteiger partial charge in [0.25, 0.3) is 5.91 Å². The van der Waals surface area contributed by atoms with Crippen molar-refractivity contribution >= 4 is 5.91 Å². The predicted octanol–water partition coefficient (Wildman–Crippen LogP) is 2.74. The minimum atomic E-state index is 0.0451. The zero-order valence-electron chi connectivity index (χ0n) is 10.4. The topological polar surface area (TPSA) is 33.2 Å². The smallest absolute Gasteiger partial charge is 0.254 e. The largest absolute Gasteiger partial charge is 0.335 e. The Labute approximate surface area is 107 Å². The summed E-state index contributed by atoms with van der Waals surface area (Å²) < 4.78 is 0. The van der Waals surface area contributed by atoms with E-state index in [4.69, 9.17) is 0 Å². The molecule has 3 nitrogen and oxygen atoms in total. The van der Waals surface area contributed by atoms with Crippen LogP contribution in [0.1, 0.15) is 22.8 Å². The third-order valence-corrected chi connectivity index (χ3v) is 2.81. The number of pyridine rings is 1. The molecule has 0 saturated heterocycles. The molecule has 92 valence electrons. The number of nitrogens with zero attached hydrogens (tertiary/aromatic N) is 2. The van der Waals surface area contributed by atoms with Gasteiger partial charge in [-0.25, -0.2) is 0 Å². The van der Waals surface area contributed by atoms with Crippen LogP contribution >= 0.6 is 0 Å². The molecular formula is C15H16N2O. The summed E-state index contributed by atoms with van der Waals surface area (Å²) in [5.41, 5.74) is 1.82. The predicted molar refractivity (Wildman–Crippen MR) is 71.1 cm³/mol. The summed E-state index contributed by atoms with van der Waals surface area (Å²) in [6.45, 7) is 3.32. The first kappa shape index (κ1) is 12.3. The van der Waals surface area contributed by atoms with Crippen LogP contribution in [0.3, 0.4) is 0 Å². The number of aromatic nitrogens is 1.